The van der Waals surface area contributed by atoms with E-state index in [1.165, 1.54) is 17.7 Å². The highest BCUT2D eigenvalue weighted by molar-refractivity contribution is 5.22. The first-order valence-electron chi connectivity index (χ1n) is 7.83. The number of likely N-dealkylation sites (tertiary alicyclic amines) is 1. The van der Waals surface area contributed by atoms with Crippen molar-refractivity contribution in [2.24, 2.45) is 24.1 Å². The summed E-state index contributed by atoms with van der Waals surface area (Å²) < 4.78 is 1.92. The first-order chi connectivity index (χ1) is 9.36. The third-order valence-corrected chi connectivity index (χ3v) is 4.74. The molecule has 1 aliphatic heterocycles. The van der Waals surface area contributed by atoms with Gasteiger partial charge in [0.25, 0.3) is 0 Å². The van der Waals surface area contributed by atoms with E-state index in [1.807, 2.05) is 11.7 Å². The fourth-order valence-corrected chi connectivity index (χ4v) is 3.36. The lowest BCUT2D eigenvalue weighted by atomic mass is 9.80. The summed E-state index contributed by atoms with van der Waals surface area (Å²) in [6.07, 6.45) is 4.41. The van der Waals surface area contributed by atoms with Crippen LogP contribution in [0.4, 0.5) is 0 Å². The van der Waals surface area contributed by atoms with Gasteiger partial charge in [0.15, 0.2) is 0 Å². The summed E-state index contributed by atoms with van der Waals surface area (Å²) in [6, 6.07) is 0.325. The molecule has 20 heavy (non-hydrogen) atoms. The molecule has 2 atom stereocenters. The van der Waals surface area contributed by atoms with Crippen LogP contribution in [0.25, 0.3) is 0 Å². The van der Waals surface area contributed by atoms with Gasteiger partial charge >= 0.3 is 0 Å². The second-order valence-electron chi connectivity index (χ2n) is 7.16. The minimum absolute atomic E-state index is 0.325. The molecule has 0 bridgehead atoms. The van der Waals surface area contributed by atoms with Crippen LogP contribution in [0.15, 0.2) is 6.20 Å². The van der Waals surface area contributed by atoms with E-state index < -0.39 is 0 Å². The normalized spacial score (nSPS) is 22.4. The highest BCUT2D eigenvalue weighted by atomic mass is 15.3. The standard InChI is InChI=1S/C16H30N4/c1-6-14-13(11-19(5)18-14)15(9-17)20-8-7-12(10-20)16(2,3)4/h11-12,15H,6-10,17H2,1-5H3. The second-order valence-corrected chi connectivity index (χ2v) is 7.16. The Balaban J connectivity index is 2.17. The highest BCUT2D eigenvalue weighted by Crippen LogP contribution is 2.37. The van der Waals surface area contributed by atoms with Gasteiger partial charge in [-0.1, -0.05) is 27.7 Å². The summed E-state index contributed by atoms with van der Waals surface area (Å²) in [5.74, 6) is 0.762. The van der Waals surface area contributed by atoms with Crippen molar-refractivity contribution in [1.29, 1.82) is 0 Å². The monoisotopic (exact) mass is 278 g/mol. The number of hydrogen-bond acceptors (Lipinski definition) is 3. The summed E-state index contributed by atoms with van der Waals surface area (Å²) in [5.41, 5.74) is 9.00. The van der Waals surface area contributed by atoms with Crippen LogP contribution in [-0.2, 0) is 13.5 Å². The van der Waals surface area contributed by atoms with Crippen molar-refractivity contribution in [3.8, 4) is 0 Å². The van der Waals surface area contributed by atoms with Gasteiger partial charge in [-0.2, -0.15) is 5.10 Å². The molecule has 4 heteroatoms. The number of aryl methyl sites for hydroxylation is 2. The van der Waals surface area contributed by atoms with Gasteiger partial charge in [-0.25, -0.2) is 0 Å². The topological polar surface area (TPSA) is 47.1 Å². The molecule has 4 nitrogen and oxygen atoms in total. The SMILES string of the molecule is CCc1nn(C)cc1C(CN)N1CCC(C(C)(C)C)C1. The predicted octanol–water partition coefficient (Wildman–Crippen LogP) is 2.35. The van der Waals surface area contributed by atoms with Crippen LogP contribution in [0.5, 0.6) is 0 Å². The smallest absolute Gasteiger partial charge is 0.0670 e. The molecule has 0 spiro atoms. The number of rotatable bonds is 4. The van der Waals surface area contributed by atoms with Crippen LogP contribution < -0.4 is 5.73 Å². The van der Waals surface area contributed by atoms with Crippen LogP contribution in [0.1, 0.15) is 51.4 Å². The van der Waals surface area contributed by atoms with Crippen LogP contribution in [0.3, 0.4) is 0 Å². The van der Waals surface area contributed by atoms with Crippen molar-refractivity contribution in [3.05, 3.63) is 17.5 Å². The van der Waals surface area contributed by atoms with Crippen molar-refractivity contribution in [1.82, 2.24) is 14.7 Å². The molecule has 1 saturated heterocycles. The average molecular weight is 278 g/mol. The van der Waals surface area contributed by atoms with Gasteiger partial charge in [-0.15, -0.1) is 0 Å². The van der Waals surface area contributed by atoms with Crippen LogP contribution in [-0.4, -0.2) is 34.3 Å². The molecule has 0 saturated carbocycles. The van der Waals surface area contributed by atoms with Gasteiger partial charge in [0.05, 0.1) is 11.7 Å². The fourth-order valence-electron chi connectivity index (χ4n) is 3.36. The molecule has 1 fully saturated rings. The average Bonchev–Trinajstić information content (AvgIpc) is 2.97. The molecular weight excluding hydrogens is 248 g/mol. The Morgan fingerprint density at radius 1 is 1.45 bits per heavy atom. The molecule has 1 aromatic rings. The van der Waals surface area contributed by atoms with E-state index in [2.05, 4.69) is 43.9 Å². The Bertz CT molecular complexity index is 444. The maximum absolute atomic E-state index is 6.09. The van der Waals surface area contributed by atoms with Gasteiger partial charge in [-0.3, -0.25) is 9.58 Å². The molecule has 114 valence electrons. The van der Waals surface area contributed by atoms with E-state index in [4.69, 9.17) is 5.73 Å². The molecule has 0 amide bonds. The largest absolute Gasteiger partial charge is 0.329 e. The third-order valence-electron chi connectivity index (χ3n) is 4.74. The quantitative estimate of drug-likeness (QED) is 0.919. The Hall–Kier alpha value is -0.870. The third kappa shape index (κ3) is 3.07. The molecule has 2 heterocycles. The molecular formula is C16H30N4. The van der Waals surface area contributed by atoms with E-state index in [0.29, 0.717) is 18.0 Å². The van der Waals surface area contributed by atoms with Crippen molar-refractivity contribution in [3.63, 3.8) is 0 Å². The number of aromatic nitrogens is 2. The van der Waals surface area contributed by atoms with Gasteiger partial charge < -0.3 is 5.73 Å². The Morgan fingerprint density at radius 2 is 2.15 bits per heavy atom. The molecule has 0 radical (unpaired) electrons. The maximum atomic E-state index is 6.09. The van der Waals surface area contributed by atoms with E-state index in [0.717, 1.165) is 25.4 Å². The Kier molecular flexibility index (Phi) is 4.55. The zero-order valence-corrected chi connectivity index (χ0v) is 13.7. The van der Waals surface area contributed by atoms with Crippen molar-refractivity contribution in [2.45, 2.75) is 46.6 Å². The minimum atomic E-state index is 0.325. The first-order valence-corrected chi connectivity index (χ1v) is 7.83. The highest BCUT2D eigenvalue weighted by Gasteiger charge is 2.35. The zero-order chi connectivity index (χ0) is 14.9. The summed E-state index contributed by atoms with van der Waals surface area (Å²) in [4.78, 5) is 2.56. The minimum Gasteiger partial charge on any atom is -0.329 e. The van der Waals surface area contributed by atoms with Crippen molar-refractivity contribution < 1.29 is 0 Å². The van der Waals surface area contributed by atoms with E-state index in [9.17, 15) is 0 Å². The summed E-state index contributed by atoms with van der Waals surface area (Å²) in [6.45, 7) is 12.2. The van der Waals surface area contributed by atoms with Gasteiger partial charge in [0, 0.05) is 31.9 Å². The molecule has 1 aromatic heterocycles. The number of nitrogens with two attached hydrogens (primary N) is 1. The second kappa shape index (κ2) is 5.86. The summed E-state index contributed by atoms with van der Waals surface area (Å²) in [7, 11) is 2.00. The van der Waals surface area contributed by atoms with Crippen molar-refractivity contribution in [2.75, 3.05) is 19.6 Å². The Morgan fingerprint density at radius 3 is 2.65 bits per heavy atom. The van der Waals surface area contributed by atoms with E-state index >= 15 is 0 Å². The van der Waals surface area contributed by atoms with E-state index in [-0.39, 0.29) is 0 Å². The Labute approximate surface area is 123 Å². The van der Waals surface area contributed by atoms with Gasteiger partial charge in [0.2, 0.25) is 0 Å². The molecule has 0 aliphatic carbocycles. The molecule has 1 aliphatic rings. The van der Waals surface area contributed by atoms with E-state index in [1.54, 1.807) is 0 Å². The lowest BCUT2D eigenvalue weighted by Gasteiger charge is -2.30. The molecule has 2 unspecified atom stereocenters. The lowest BCUT2D eigenvalue weighted by molar-refractivity contribution is 0.197. The zero-order valence-electron chi connectivity index (χ0n) is 13.7. The van der Waals surface area contributed by atoms with Gasteiger partial charge in [-0.05, 0) is 30.7 Å². The maximum Gasteiger partial charge on any atom is 0.0670 e. The first kappa shape index (κ1) is 15.5. The molecule has 0 aromatic carbocycles. The van der Waals surface area contributed by atoms with Gasteiger partial charge in [0.1, 0.15) is 0 Å². The molecule has 2 rings (SSSR count). The van der Waals surface area contributed by atoms with Crippen LogP contribution in [0, 0.1) is 11.3 Å². The van der Waals surface area contributed by atoms with Crippen LogP contribution >= 0.6 is 0 Å². The summed E-state index contributed by atoms with van der Waals surface area (Å²) >= 11 is 0. The van der Waals surface area contributed by atoms with Crippen molar-refractivity contribution >= 4 is 0 Å². The predicted molar refractivity (Wildman–Crippen MR) is 83.5 cm³/mol. The van der Waals surface area contributed by atoms with Crippen LogP contribution in [0.2, 0.25) is 0 Å². The summed E-state index contributed by atoms with van der Waals surface area (Å²) in [5, 5.41) is 4.57. The number of nitrogens with zero attached hydrogens (tertiary/aromatic N) is 3. The lowest BCUT2D eigenvalue weighted by Crippen LogP contribution is -2.34. The number of hydrogen-bond donors (Lipinski definition) is 1. The molecule has 2 N–H and O–H groups in total. The fraction of sp³-hybridized carbons (Fsp3) is 0.812.